The molecule has 1 aromatic heterocycles. The van der Waals surface area contributed by atoms with Gasteiger partial charge in [0.2, 0.25) is 0 Å². The van der Waals surface area contributed by atoms with E-state index in [9.17, 15) is 9.59 Å². The molecule has 6 nitrogen and oxygen atoms in total. The van der Waals surface area contributed by atoms with Gasteiger partial charge in [0.1, 0.15) is 0 Å². The van der Waals surface area contributed by atoms with E-state index in [1.165, 1.54) is 4.90 Å². The van der Waals surface area contributed by atoms with Crippen LogP contribution in [0.2, 0.25) is 5.02 Å². The lowest BCUT2D eigenvalue weighted by Crippen LogP contribution is -2.36. The number of halogens is 2. The minimum absolute atomic E-state index is 0.200. The molecule has 5 rings (SSSR count). The number of imide groups is 1. The normalized spacial score (nSPS) is 17.5. The van der Waals surface area contributed by atoms with Crippen LogP contribution in [0.4, 0.5) is 10.5 Å². The van der Waals surface area contributed by atoms with Gasteiger partial charge in [0, 0.05) is 39.7 Å². The number of hydrogen-bond donors (Lipinski definition) is 0. The Hall–Kier alpha value is -2.52. The Bertz CT molecular complexity index is 1380. The van der Waals surface area contributed by atoms with Crippen LogP contribution < -0.4 is 4.90 Å². The van der Waals surface area contributed by atoms with Crippen LogP contribution in [0.25, 0.3) is 11.8 Å². The van der Waals surface area contributed by atoms with Crippen molar-refractivity contribution in [2.75, 3.05) is 31.2 Å². The summed E-state index contributed by atoms with van der Waals surface area (Å²) in [5.74, 6) is -0.285. The zero-order valence-electron chi connectivity index (χ0n) is 20.0. The summed E-state index contributed by atoms with van der Waals surface area (Å²) >= 11 is 10.8. The summed E-state index contributed by atoms with van der Waals surface area (Å²) in [6, 6.07) is 15.6. The maximum absolute atomic E-state index is 13.1. The second kappa shape index (κ2) is 10.5. The summed E-state index contributed by atoms with van der Waals surface area (Å²) in [6.45, 7) is 7.48. The lowest BCUT2D eigenvalue weighted by Gasteiger charge is -2.30. The molecule has 2 fully saturated rings. The monoisotopic (exact) mass is 585 g/mol. The average molecular weight is 587 g/mol. The quantitative estimate of drug-likeness (QED) is 0.316. The number of morpholine rings is 1. The van der Waals surface area contributed by atoms with Crippen molar-refractivity contribution >= 4 is 62.2 Å². The first kappa shape index (κ1) is 25.1. The Morgan fingerprint density at radius 2 is 1.86 bits per heavy atom. The molecule has 9 heteroatoms. The zero-order chi connectivity index (χ0) is 25.4. The van der Waals surface area contributed by atoms with Crippen molar-refractivity contribution in [1.29, 1.82) is 0 Å². The molecule has 0 N–H and O–H groups in total. The topological polar surface area (TPSA) is 54.8 Å². The van der Waals surface area contributed by atoms with E-state index in [-0.39, 0.29) is 17.7 Å². The van der Waals surface area contributed by atoms with Crippen molar-refractivity contribution in [3.8, 4) is 5.69 Å². The Balaban J connectivity index is 1.40. The van der Waals surface area contributed by atoms with Crippen LogP contribution in [-0.2, 0) is 16.1 Å². The number of carbonyl (C=O) groups is 2. The third kappa shape index (κ3) is 5.00. The maximum Gasteiger partial charge on any atom is 0.293 e. The highest BCUT2D eigenvalue weighted by molar-refractivity contribution is 9.10. The molecule has 3 aromatic rings. The predicted octanol–water partition coefficient (Wildman–Crippen LogP) is 6.58. The highest BCUT2D eigenvalue weighted by Crippen LogP contribution is 2.36. The molecule has 0 radical (unpaired) electrons. The van der Waals surface area contributed by atoms with Gasteiger partial charge in [0.15, 0.2) is 0 Å². The minimum atomic E-state index is -0.285. The Morgan fingerprint density at radius 1 is 1.08 bits per heavy atom. The lowest BCUT2D eigenvalue weighted by atomic mass is 10.2. The van der Waals surface area contributed by atoms with E-state index in [0.717, 1.165) is 76.4 Å². The molecule has 36 heavy (non-hydrogen) atoms. The van der Waals surface area contributed by atoms with E-state index in [0.29, 0.717) is 9.93 Å². The van der Waals surface area contributed by atoms with Crippen LogP contribution in [-0.4, -0.2) is 46.9 Å². The summed E-state index contributed by atoms with van der Waals surface area (Å²) in [5, 5.41) is 0.301. The van der Waals surface area contributed by atoms with Crippen LogP contribution >= 0.6 is 39.3 Å². The number of aryl methyl sites for hydroxylation is 1. The van der Waals surface area contributed by atoms with E-state index in [1.54, 1.807) is 12.1 Å². The fraction of sp³-hybridized carbons (Fsp3) is 0.259. The highest BCUT2D eigenvalue weighted by atomic mass is 79.9. The van der Waals surface area contributed by atoms with Crippen LogP contribution in [0.1, 0.15) is 22.5 Å². The van der Waals surface area contributed by atoms with Gasteiger partial charge in [-0.3, -0.25) is 14.5 Å². The van der Waals surface area contributed by atoms with Gasteiger partial charge in [-0.15, -0.1) is 0 Å². The highest BCUT2D eigenvalue weighted by Gasteiger charge is 2.35. The number of ether oxygens (including phenoxy) is 1. The van der Waals surface area contributed by atoms with Gasteiger partial charge in [-0.05, 0) is 95.1 Å². The lowest BCUT2D eigenvalue weighted by molar-refractivity contribution is -0.123. The van der Waals surface area contributed by atoms with Crippen LogP contribution in [0, 0.1) is 13.8 Å². The third-order valence-electron chi connectivity index (χ3n) is 6.40. The first-order valence-electron chi connectivity index (χ1n) is 11.6. The molecule has 2 aliphatic heterocycles. The van der Waals surface area contributed by atoms with Crippen molar-refractivity contribution in [3.63, 3.8) is 0 Å². The molecular weight excluding hydrogens is 562 g/mol. The van der Waals surface area contributed by atoms with Crippen molar-refractivity contribution in [1.82, 2.24) is 9.47 Å². The molecule has 0 unspecified atom stereocenters. The van der Waals surface area contributed by atoms with Crippen LogP contribution in [0.5, 0.6) is 0 Å². The molecular formula is C27H25BrClN3O3S. The first-order chi connectivity index (χ1) is 17.3. The number of aromatic nitrogens is 1. The second-order valence-corrected chi connectivity index (χ2v) is 11.1. The standard InChI is InChI=1S/C27H25BrClN3O3S/c1-17-12-20(14-25-26(33)31(27(34)36-25)16-19-4-3-5-21(29)13-19)18(2)32(17)22-6-7-24(23(28)15-22)30-8-10-35-11-9-30/h3-7,12-15H,8-11,16H2,1-2H3/b25-14-. The summed E-state index contributed by atoms with van der Waals surface area (Å²) in [6.07, 6.45) is 1.82. The van der Waals surface area contributed by atoms with Gasteiger partial charge < -0.3 is 14.2 Å². The Morgan fingerprint density at radius 3 is 2.58 bits per heavy atom. The second-order valence-electron chi connectivity index (χ2n) is 8.79. The van der Waals surface area contributed by atoms with E-state index >= 15 is 0 Å². The maximum atomic E-state index is 13.1. The number of rotatable bonds is 5. The SMILES string of the molecule is Cc1cc(/C=C2\SC(=O)N(Cc3cccc(Cl)c3)C2=O)c(C)n1-c1ccc(N2CCOCC2)c(Br)c1. The smallest absolute Gasteiger partial charge is 0.293 e. The Labute approximate surface area is 228 Å². The van der Waals surface area contributed by atoms with Crippen LogP contribution in [0.15, 0.2) is 57.9 Å². The molecule has 0 aliphatic carbocycles. The summed E-state index contributed by atoms with van der Waals surface area (Å²) in [7, 11) is 0. The number of hydrogen-bond acceptors (Lipinski definition) is 5. The molecule has 0 saturated carbocycles. The number of amides is 2. The molecule has 0 spiro atoms. The minimum Gasteiger partial charge on any atom is -0.378 e. The van der Waals surface area contributed by atoms with Gasteiger partial charge in [0.25, 0.3) is 11.1 Å². The van der Waals surface area contributed by atoms with Crippen molar-refractivity contribution in [2.24, 2.45) is 0 Å². The van der Waals surface area contributed by atoms with E-state index in [1.807, 2.05) is 38.1 Å². The fourth-order valence-corrected chi connectivity index (χ4v) is 6.28. The van der Waals surface area contributed by atoms with E-state index < -0.39 is 0 Å². The number of thioether (sulfide) groups is 1. The van der Waals surface area contributed by atoms with Crippen molar-refractivity contribution < 1.29 is 14.3 Å². The summed E-state index contributed by atoms with van der Waals surface area (Å²) < 4.78 is 8.67. The van der Waals surface area contributed by atoms with Crippen molar-refractivity contribution in [2.45, 2.75) is 20.4 Å². The predicted molar refractivity (Wildman–Crippen MR) is 149 cm³/mol. The average Bonchev–Trinajstić information content (AvgIpc) is 3.28. The number of anilines is 1. The van der Waals surface area contributed by atoms with Crippen LogP contribution in [0.3, 0.4) is 0 Å². The molecule has 0 bridgehead atoms. The van der Waals surface area contributed by atoms with E-state index in [2.05, 4.69) is 43.6 Å². The summed E-state index contributed by atoms with van der Waals surface area (Å²) in [4.78, 5) is 29.7. The van der Waals surface area contributed by atoms with Gasteiger partial charge in [0.05, 0.1) is 30.4 Å². The molecule has 2 aromatic carbocycles. The number of benzene rings is 2. The number of nitrogens with zero attached hydrogens (tertiary/aromatic N) is 3. The van der Waals surface area contributed by atoms with Crippen molar-refractivity contribution in [3.05, 3.63) is 85.4 Å². The largest absolute Gasteiger partial charge is 0.378 e. The molecule has 3 heterocycles. The van der Waals surface area contributed by atoms with Gasteiger partial charge >= 0.3 is 0 Å². The van der Waals surface area contributed by atoms with Gasteiger partial charge in [-0.1, -0.05) is 23.7 Å². The number of carbonyl (C=O) groups excluding carboxylic acids is 2. The fourth-order valence-electron chi connectivity index (χ4n) is 4.62. The zero-order valence-corrected chi connectivity index (χ0v) is 23.1. The molecule has 0 atom stereocenters. The third-order valence-corrected chi connectivity index (χ3v) is 8.18. The molecule has 186 valence electrons. The molecule has 2 saturated heterocycles. The molecule has 2 aliphatic rings. The Kier molecular flexibility index (Phi) is 7.30. The first-order valence-corrected chi connectivity index (χ1v) is 13.6. The van der Waals surface area contributed by atoms with Gasteiger partial charge in [-0.2, -0.15) is 0 Å². The van der Waals surface area contributed by atoms with Gasteiger partial charge in [-0.25, -0.2) is 0 Å². The molecule has 2 amide bonds. The summed E-state index contributed by atoms with van der Waals surface area (Å²) in [5.41, 5.74) is 5.95. The van der Waals surface area contributed by atoms with E-state index in [4.69, 9.17) is 16.3 Å².